The van der Waals surface area contributed by atoms with Gasteiger partial charge in [-0.1, -0.05) is 23.7 Å². The van der Waals surface area contributed by atoms with Crippen molar-refractivity contribution in [2.75, 3.05) is 31.2 Å². The maximum absolute atomic E-state index is 6.13. The molecule has 3 N–H and O–H groups in total. The van der Waals surface area contributed by atoms with E-state index in [1.807, 2.05) is 0 Å². The van der Waals surface area contributed by atoms with E-state index in [1.54, 1.807) is 0 Å². The predicted octanol–water partition coefficient (Wildman–Crippen LogP) is 2.32. The van der Waals surface area contributed by atoms with Gasteiger partial charge in [0.2, 0.25) is 0 Å². The molecule has 1 saturated heterocycles. The van der Waals surface area contributed by atoms with E-state index in [9.17, 15) is 0 Å². The summed E-state index contributed by atoms with van der Waals surface area (Å²) >= 11 is 6.13. The number of ether oxygens (including phenoxy) is 1. The molecule has 0 spiro atoms. The number of hydrogen-bond acceptors (Lipinski definition) is 3. The lowest BCUT2D eigenvalue weighted by molar-refractivity contribution is 0.122. The van der Waals surface area contributed by atoms with E-state index in [1.165, 1.54) is 16.8 Å². The average molecular weight is 213 g/mol. The quantitative estimate of drug-likeness (QED) is 0.789. The number of nitrogens with zero attached hydrogens (tertiary/aromatic N) is 1. The van der Waals surface area contributed by atoms with Crippen LogP contribution in [0, 0.1) is 0 Å². The first-order valence-electron chi connectivity index (χ1n) is 4.53. The molecule has 0 bridgehead atoms. The van der Waals surface area contributed by atoms with Crippen LogP contribution in [-0.2, 0) is 4.74 Å². The van der Waals surface area contributed by atoms with E-state index in [0.29, 0.717) is 0 Å². The zero-order valence-electron chi connectivity index (χ0n) is 7.92. The van der Waals surface area contributed by atoms with Gasteiger partial charge in [-0.15, -0.1) is 0 Å². The topological polar surface area (TPSA) is 47.5 Å². The van der Waals surface area contributed by atoms with Crippen molar-refractivity contribution < 1.29 is 4.74 Å². The average Bonchev–Trinajstić information content (AvgIpc) is 2.13. The van der Waals surface area contributed by atoms with Crippen LogP contribution in [0.25, 0.3) is 11.1 Å². The van der Waals surface area contributed by atoms with Gasteiger partial charge in [0.1, 0.15) is 0 Å². The van der Waals surface area contributed by atoms with E-state index in [2.05, 4.69) is 17.0 Å². The summed E-state index contributed by atoms with van der Waals surface area (Å²) in [6.07, 6.45) is 0. The first-order valence-corrected chi connectivity index (χ1v) is 4.91. The number of benzene rings is 1. The molecular formula is C10H13ClN2O. The summed E-state index contributed by atoms with van der Waals surface area (Å²) in [5.41, 5.74) is 3.82. The van der Waals surface area contributed by atoms with Crippen molar-refractivity contribution in [1.29, 1.82) is 0 Å². The zero-order chi connectivity index (χ0) is 8.84. The van der Waals surface area contributed by atoms with Gasteiger partial charge in [-0.25, -0.2) is 0 Å². The largest absolute Gasteiger partial charge is 0.378 e. The molecule has 2 aliphatic carbocycles. The Morgan fingerprint density at radius 2 is 1.79 bits per heavy atom. The van der Waals surface area contributed by atoms with Crippen LogP contribution in [0.15, 0.2) is 12.1 Å². The third-order valence-corrected chi connectivity index (χ3v) is 3.12. The maximum atomic E-state index is 6.13. The molecule has 3 aliphatic rings. The summed E-state index contributed by atoms with van der Waals surface area (Å²) in [7, 11) is 0. The second-order valence-electron chi connectivity index (χ2n) is 3.42. The normalized spacial score (nSPS) is 17.6. The van der Waals surface area contributed by atoms with Crippen LogP contribution in [0.5, 0.6) is 0 Å². The molecule has 3 nitrogen and oxygen atoms in total. The standard InChI is InChI=1S/C10H10ClNO.H3N/c11-9-7-1-2-8(7)10(9)12-3-5-13-6-4-12;/h1-2H,3-6H2;1H3. The molecule has 0 unspecified atom stereocenters. The highest BCUT2D eigenvalue weighted by Crippen LogP contribution is 2.52. The van der Waals surface area contributed by atoms with E-state index < -0.39 is 0 Å². The van der Waals surface area contributed by atoms with Gasteiger partial charge in [-0.2, -0.15) is 0 Å². The monoisotopic (exact) mass is 212 g/mol. The Hall–Kier alpha value is -0.770. The zero-order valence-corrected chi connectivity index (χ0v) is 8.68. The highest BCUT2D eigenvalue weighted by Gasteiger charge is 2.29. The van der Waals surface area contributed by atoms with Crippen molar-refractivity contribution in [2.24, 2.45) is 0 Å². The lowest BCUT2D eigenvalue weighted by Crippen LogP contribution is -2.37. The smallest absolute Gasteiger partial charge is 0.0725 e. The first-order chi connectivity index (χ1) is 6.38. The van der Waals surface area contributed by atoms with Crippen LogP contribution in [0.3, 0.4) is 0 Å². The third-order valence-electron chi connectivity index (χ3n) is 2.73. The summed E-state index contributed by atoms with van der Waals surface area (Å²) in [6.45, 7) is 3.58. The minimum atomic E-state index is 0. The number of hydrogen-bond donors (Lipinski definition) is 1. The van der Waals surface area contributed by atoms with Gasteiger partial charge in [-0.3, -0.25) is 0 Å². The highest BCUT2D eigenvalue weighted by molar-refractivity contribution is 6.40. The number of halogens is 1. The van der Waals surface area contributed by atoms with Crippen molar-refractivity contribution in [2.45, 2.75) is 0 Å². The Balaban J connectivity index is 0.000000750. The summed E-state index contributed by atoms with van der Waals surface area (Å²) in [6, 6.07) is 4.20. The number of morpholine rings is 1. The van der Waals surface area contributed by atoms with E-state index in [-0.39, 0.29) is 6.15 Å². The van der Waals surface area contributed by atoms with Crippen molar-refractivity contribution >= 4 is 17.3 Å². The molecule has 76 valence electrons. The number of fused-ring (bicyclic) bond motifs is 1. The second kappa shape index (κ2) is 3.42. The predicted molar refractivity (Wildman–Crippen MR) is 58.5 cm³/mol. The molecule has 3 rings (SSSR count). The summed E-state index contributed by atoms with van der Waals surface area (Å²) < 4.78 is 5.29. The van der Waals surface area contributed by atoms with E-state index >= 15 is 0 Å². The fourth-order valence-electron chi connectivity index (χ4n) is 1.93. The molecule has 0 saturated carbocycles. The molecule has 1 heterocycles. The van der Waals surface area contributed by atoms with Crippen LogP contribution < -0.4 is 11.1 Å². The van der Waals surface area contributed by atoms with Gasteiger partial charge in [0.05, 0.1) is 23.9 Å². The molecule has 0 radical (unpaired) electrons. The lowest BCUT2D eigenvalue weighted by atomic mass is 9.89. The lowest BCUT2D eigenvalue weighted by Gasteiger charge is -2.36. The highest BCUT2D eigenvalue weighted by atomic mass is 35.5. The molecule has 4 heteroatoms. The maximum Gasteiger partial charge on any atom is 0.0725 e. The van der Waals surface area contributed by atoms with Gasteiger partial charge in [0, 0.05) is 24.2 Å². The molecule has 1 aliphatic heterocycles. The van der Waals surface area contributed by atoms with Crippen LogP contribution >= 0.6 is 11.6 Å². The Labute approximate surface area is 88.2 Å². The van der Waals surface area contributed by atoms with Crippen LogP contribution in [0.1, 0.15) is 0 Å². The number of rotatable bonds is 1. The fourth-order valence-corrected chi connectivity index (χ4v) is 2.31. The van der Waals surface area contributed by atoms with Crippen molar-refractivity contribution in [3.8, 4) is 11.1 Å². The minimum Gasteiger partial charge on any atom is -0.378 e. The van der Waals surface area contributed by atoms with Gasteiger partial charge in [-0.05, 0) is 0 Å². The molecule has 0 atom stereocenters. The molecule has 14 heavy (non-hydrogen) atoms. The number of anilines is 1. The first kappa shape index (κ1) is 9.77. The van der Waals surface area contributed by atoms with E-state index in [4.69, 9.17) is 16.3 Å². The van der Waals surface area contributed by atoms with Crippen LogP contribution in [-0.4, -0.2) is 26.3 Å². The van der Waals surface area contributed by atoms with Crippen molar-refractivity contribution in [3.63, 3.8) is 0 Å². The van der Waals surface area contributed by atoms with Gasteiger partial charge < -0.3 is 15.8 Å². The van der Waals surface area contributed by atoms with Crippen LogP contribution in [0.4, 0.5) is 5.69 Å². The molecule has 0 aromatic carbocycles. The van der Waals surface area contributed by atoms with Gasteiger partial charge in [0.25, 0.3) is 0 Å². The summed E-state index contributed by atoms with van der Waals surface area (Å²) in [4.78, 5) is 2.31. The summed E-state index contributed by atoms with van der Waals surface area (Å²) in [5, 5.41) is 0.944. The Morgan fingerprint density at radius 1 is 1.14 bits per heavy atom. The molecule has 0 amide bonds. The molecular weight excluding hydrogens is 200 g/mol. The van der Waals surface area contributed by atoms with Gasteiger partial charge >= 0.3 is 0 Å². The fraction of sp³-hybridized carbons (Fsp3) is 0.400. The van der Waals surface area contributed by atoms with Crippen molar-refractivity contribution in [3.05, 3.63) is 17.2 Å². The summed E-state index contributed by atoms with van der Waals surface area (Å²) in [5.74, 6) is 0. The minimum absolute atomic E-state index is 0. The third kappa shape index (κ3) is 1.13. The van der Waals surface area contributed by atoms with E-state index in [0.717, 1.165) is 31.3 Å². The molecule has 1 fully saturated rings. The van der Waals surface area contributed by atoms with Crippen LogP contribution in [0.2, 0.25) is 5.02 Å². The molecule has 0 aromatic heterocycles. The van der Waals surface area contributed by atoms with Crippen molar-refractivity contribution in [1.82, 2.24) is 6.15 Å². The Morgan fingerprint density at radius 3 is 2.29 bits per heavy atom. The Kier molecular flexibility index (Phi) is 2.39. The van der Waals surface area contributed by atoms with Gasteiger partial charge in [0.15, 0.2) is 0 Å². The second-order valence-corrected chi connectivity index (χ2v) is 3.80. The molecule has 0 aromatic rings. The SMILES string of the molecule is Clc1c2ccc-2c1N1CCOCC1.N. The Bertz CT molecular complexity index is 361.